The molecule has 1 heterocycles. The Balaban J connectivity index is 1.83. The van der Waals surface area contributed by atoms with Crippen LogP contribution in [0.2, 0.25) is 0 Å². The van der Waals surface area contributed by atoms with Crippen LogP contribution in [0.1, 0.15) is 24.0 Å². The molecular formula is C15H20F3NO. The lowest BCUT2D eigenvalue weighted by Crippen LogP contribution is -2.42. The third-order valence-corrected chi connectivity index (χ3v) is 3.72. The van der Waals surface area contributed by atoms with Crippen LogP contribution in [0.25, 0.3) is 0 Å². The lowest BCUT2D eigenvalue weighted by molar-refractivity contribution is -0.149. The first-order valence-electron chi connectivity index (χ1n) is 6.86. The Morgan fingerprint density at radius 2 is 1.80 bits per heavy atom. The van der Waals surface area contributed by atoms with Crippen molar-refractivity contribution in [2.24, 2.45) is 0 Å². The van der Waals surface area contributed by atoms with Gasteiger partial charge in [0.05, 0.1) is 6.54 Å². The fourth-order valence-corrected chi connectivity index (χ4v) is 2.42. The standard InChI is InChI=1S/C15H20F3NO/c1-11-3-4-14(9-12(11)2)20-13-5-7-19(8-6-13)10-15(16,17)18/h3-4,9,13H,5-8,10H2,1-2H3. The van der Waals surface area contributed by atoms with Crippen LogP contribution in [0, 0.1) is 13.8 Å². The van der Waals surface area contributed by atoms with E-state index in [1.807, 2.05) is 32.0 Å². The average Bonchev–Trinajstić information content (AvgIpc) is 2.35. The predicted molar refractivity (Wildman–Crippen MR) is 72.1 cm³/mol. The first-order valence-corrected chi connectivity index (χ1v) is 6.86. The monoisotopic (exact) mass is 287 g/mol. The van der Waals surface area contributed by atoms with E-state index in [1.165, 1.54) is 10.5 Å². The van der Waals surface area contributed by atoms with E-state index in [9.17, 15) is 13.2 Å². The van der Waals surface area contributed by atoms with Gasteiger partial charge in [-0.25, -0.2) is 0 Å². The molecule has 112 valence electrons. The van der Waals surface area contributed by atoms with Crippen molar-refractivity contribution in [2.45, 2.75) is 39.0 Å². The van der Waals surface area contributed by atoms with Crippen molar-refractivity contribution in [3.63, 3.8) is 0 Å². The summed E-state index contributed by atoms with van der Waals surface area (Å²) in [6, 6.07) is 5.91. The number of ether oxygens (including phenoxy) is 1. The van der Waals surface area contributed by atoms with Gasteiger partial charge in [-0.2, -0.15) is 13.2 Å². The van der Waals surface area contributed by atoms with Gasteiger partial charge < -0.3 is 4.74 Å². The minimum Gasteiger partial charge on any atom is -0.490 e. The van der Waals surface area contributed by atoms with Crippen LogP contribution in [0.15, 0.2) is 18.2 Å². The van der Waals surface area contributed by atoms with Crippen molar-refractivity contribution in [1.29, 1.82) is 0 Å². The Labute approximate surface area is 117 Å². The van der Waals surface area contributed by atoms with Gasteiger partial charge >= 0.3 is 6.18 Å². The molecule has 0 amide bonds. The molecule has 0 aromatic heterocycles. The van der Waals surface area contributed by atoms with Crippen molar-refractivity contribution >= 4 is 0 Å². The molecule has 2 rings (SSSR count). The highest BCUT2D eigenvalue weighted by Gasteiger charge is 2.32. The van der Waals surface area contributed by atoms with Gasteiger partial charge in [-0.1, -0.05) is 6.07 Å². The lowest BCUT2D eigenvalue weighted by Gasteiger charge is -2.32. The Morgan fingerprint density at radius 1 is 1.15 bits per heavy atom. The Hall–Kier alpha value is -1.23. The van der Waals surface area contributed by atoms with E-state index in [-0.39, 0.29) is 6.10 Å². The van der Waals surface area contributed by atoms with E-state index < -0.39 is 12.7 Å². The van der Waals surface area contributed by atoms with Crippen LogP contribution >= 0.6 is 0 Å². The number of nitrogens with zero attached hydrogens (tertiary/aromatic N) is 1. The minimum atomic E-state index is -4.11. The quantitative estimate of drug-likeness (QED) is 0.840. The number of piperidine rings is 1. The first kappa shape index (κ1) is 15.2. The molecule has 0 saturated carbocycles. The van der Waals surface area contributed by atoms with Crippen molar-refractivity contribution < 1.29 is 17.9 Å². The van der Waals surface area contributed by atoms with Gasteiger partial charge in [0.2, 0.25) is 0 Å². The second-order valence-electron chi connectivity index (χ2n) is 5.45. The number of alkyl halides is 3. The van der Waals surface area contributed by atoms with Gasteiger partial charge in [-0.3, -0.25) is 4.90 Å². The molecule has 0 N–H and O–H groups in total. The van der Waals surface area contributed by atoms with E-state index in [4.69, 9.17) is 4.74 Å². The Bertz CT molecular complexity index is 451. The molecule has 2 nitrogen and oxygen atoms in total. The highest BCUT2D eigenvalue weighted by molar-refractivity contribution is 5.33. The molecule has 0 aliphatic carbocycles. The van der Waals surface area contributed by atoms with Crippen molar-refractivity contribution in [3.05, 3.63) is 29.3 Å². The molecule has 5 heteroatoms. The zero-order valence-corrected chi connectivity index (χ0v) is 11.8. The molecule has 0 atom stereocenters. The Kier molecular flexibility index (Phi) is 4.58. The van der Waals surface area contributed by atoms with Gasteiger partial charge in [0.15, 0.2) is 0 Å². The maximum atomic E-state index is 12.3. The van der Waals surface area contributed by atoms with Crippen LogP contribution in [0.4, 0.5) is 13.2 Å². The summed E-state index contributed by atoms with van der Waals surface area (Å²) in [4.78, 5) is 1.44. The largest absolute Gasteiger partial charge is 0.490 e. The molecule has 0 radical (unpaired) electrons. The molecule has 0 bridgehead atoms. The molecule has 1 fully saturated rings. The Morgan fingerprint density at radius 3 is 2.35 bits per heavy atom. The van der Waals surface area contributed by atoms with E-state index in [2.05, 4.69) is 0 Å². The summed E-state index contributed by atoms with van der Waals surface area (Å²) < 4.78 is 42.7. The molecule has 0 unspecified atom stereocenters. The summed E-state index contributed by atoms with van der Waals surface area (Å²) in [6.07, 6.45) is -2.81. The van der Waals surface area contributed by atoms with E-state index >= 15 is 0 Å². The molecule has 1 saturated heterocycles. The van der Waals surface area contributed by atoms with Gasteiger partial charge in [0.1, 0.15) is 11.9 Å². The van der Waals surface area contributed by atoms with Gasteiger partial charge in [0.25, 0.3) is 0 Å². The lowest BCUT2D eigenvalue weighted by atomic mass is 10.1. The third kappa shape index (κ3) is 4.40. The fourth-order valence-electron chi connectivity index (χ4n) is 2.42. The first-order chi connectivity index (χ1) is 9.33. The van der Waals surface area contributed by atoms with Crippen LogP contribution < -0.4 is 4.74 Å². The summed E-state index contributed by atoms with van der Waals surface area (Å²) in [5.41, 5.74) is 2.37. The highest BCUT2D eigenvalue weighted by Crippen LogP contribution is 2.23. The molecule has 1 aromatic carbocycles. The molecule has 0 spiro atoms. The second kappa shape index (κ2) is 6.04. The van der Waals surface area contributed by atoms with Crippen molar-refractivity contribution in [2.75, 3.05) is 19.6 Å². The normalized spacial score (nSPS) is 18.2. The molecule has 1 aliphatic heterocycles. The van der Waals surface area contributed by atoms with Crippen molar-refractivity contribution in [3.8, 4) is 5.75 Å². The molecular weight excluding hydrogens is 267 g/mol. The van der Waals surface area contributed by atoms with Gasteiger partial charge in [0, 0.05) is 13.1 Å². The number of hydrogen-bond donors (Lipinski definition) is 0. The number of benzene rings is 1. The summed E-state index contributed by atoms with van der Waals surface area (Å²) in [5, 5.41) is 0. The fraction of sp³-hybridized carbons (Fsp3) is 0.600. The topological polar surface area (TPSA) is 12.5 Å². The summed E-state index contributed by atoms with van der Waals surface area (Å²) in [7, 11) is 0. The van der Waals surface area contributed by atoms with E-state index in [0.29, 0.717) is 25.9 Å². The van der Waals surface area contributed by atoms with Crippen LogP contribution in [-0.2, 0) is 0 Å². The number of halogens is 3. The number of rotatable bonds is 3. The van der Waals surface area contributed by atoms with E-state index in [0.717, 1.165) is 11.3 Å². The van der Waals surface area contributed by atoms with Crippen LogP contribution in [0.3, 0.4) is 0 Å². The minimum absolute atomic E-state index is 0.0154. The maximum absolute atomic E-state index is 12.3. The third-order valence-electron chi connectivity index (χ3n) is 3.72. The smallest absolute Gasteiger partial charge is 0.401 e. The summed E-state index contributed by atoms with van der Waals surface area (Å²) in [6.45, 7) is 4.12. The van der Waals surface area contributed by atoms with Gasteiger partial charge in [-0.05, 0) is 49.9 Å². The average molecular weight is 287 g/mol. The summed E-state index contributed by atoms with van der Waals surface area (Å²) in [5.74, 6) is 0.808. The van der Waals surface area contributed by atoms with E-state index in [1.54, 1.807) is 0 Å². The zero-order chi connectivity index (χ0) is 14.8. The van der Waals surface area contributed by atoms with Crippen LogP contribution in [0.5, 0.6) is 5.75 Å². The maximum Gasteiger partial charge on any atom is 0.401 e. The summed E-state index contributed by atoms with van der Waals surface area (Å²) >= 11 is 0. The second-order valence-corrected chi connectivity index (χ2v) is 5.45. The molecule has 1 aliphatic rings. The highest BCUT2D eigenvalue weighted by atomic mass is 19.4. The number of aryl methyl sites for hydroxylation is 2. The predicted octanol–water partition coefficient (Wildman–Crippen LogP) is 3.71. The number of hydrogen-bond acceptors (Lipinski definition) is 2. The number of likely N-dealkylation sites (tertiary alicyclic amines) is 1. The molecule has 1 aromatic rings. The molecule has 20 heavy (non-hydrogen) atoms. The van der Waals surface area contributed by atoms with Crippen molar-refractivity contribution in [1.82, 2.24) is 4.90 Å². The van der Waals surface area contributed by atoms with Crippen LogP contribution in [-0.4, -0.2) is 36.8 Å². The van der Waals surface area contributed by atoms with Gasteiger partial charge in [-0.15, -0.1) is 0 Å². The SMILES string of the molecule is Cc1ccc(OC2CCN(CC(F)(F)F)CC2)cc1C. The zero-order valence-electron chi connectivity index (χ0n) is 11.8.